The van der Waals surface area contributed by atoms with Crippen molar-refractivity contribution < 1.29 is 14.3 Å². The van der Waals surface area contributed by atoms with Crippen molar-refractivity contribution in [3.63, 3.8) is 0 Å². The zero-order valence-electron chi connectivity index (χ0n) is 16.4. The fourth-order valence-electron chi connectivity index (χ4n) is 3.46. The molecule has 0 bridgehead atoms. The minimum absolute atomic E-state index is 0.182. The van der Waals surface area contributed by atoms with E-state index in [-0.39, 0.29) is 12.5 Å². The van der Waals surface area contributed by atoms with E-state index in [1.807, 2.05) is 72.8 Å². The van der Waals surface area contributed by atoms with E-state index in [2.05, 4.69) is 17.4 Å². The largest absolute Gasteiger partial charge is 0.483 e. The van der Waals surface area contributed by atoms with Crippen LogP contribution < -0.4 is 10.1 Å². The topological polar surface area (TPSA) is 55.4 Å². The minimum Gasteiger partial charge on any atom is -0.483 e. The van der Waals surface area contributed by atoms with Gasteiger partial charge in [0.05, 0.1) is 5.56 Å². The van der Waals surface area contributed by atoms with Gasteiger partial charge in [-0.3, -0.25) is 9.59 Å². The molecule has 0 atom stereocenters. The standard InChI is InChI=1S/C26H21NO3/c28-17-23-22-12-6-4-10-20(22)14-15-25(23)30-18-26(29)27-24-13-7-5-11-21(24)16-19-8-2-1-3-9-19/h1-15,17H,16,18H2,(H,27,29). The molecule has 0 fully saturated rings. The number of ether oxygens (including phenoxy) is 1. The zero-order chi connectivity index (χ0) is 20.8. The van der Waals surface area contributed by atoms with E-state index in [4.69, 9.17) is 4.74 Å². The van der Waals surface area contributed by atoms with Crippen molar-refractivity contribution in [3.05, 3.63) is 108 Å². The lowest BCUT2D eigenvalue weighted by Gasteiger charge is -2.13. The molecule has 148 valence electrons. The number of hydrogen-bond donors (Lipinski definition) is 1. The molecule has 0 aliphatic carbocycles. The highest BCUT2D eigenvalue weighted by Crippen LogP contribution is 2.26. The Kier molecular flexibility index (Phi) is 5.85. The van der Waals surface area contributed by atoms with Gasteiger partial charge in [0.1, 0.15) is 5.75 Å². The van der Waals surface area contributed by atoms with Gasteiger partial charge < -0.3 is 10.1 Å². The van der Waals surface area contributed by atoms with Crippen molar-refractivity contribution in [3.8, 4) is 5.75 Å². The van der Waals surface area contributed by atoms with Crippen LogP contribution in [0.3, 0.4) is 0 Å². The summed E-state index contributed by atoms with van der Waals surface area (Å²) in [4.78, 5) is 24.1. The second-order valence-electron chi connectivity index (χ2n) is 6.97. The van der Waals surface area contributed by atoms with Crippen LogP contribution in [0.2, 0.25) is 0 Å². The molecular weight excluding hydrogens is 374 g/mol. The molecule has 4 nitrogen and oxygen atoms in total. The zero-order valence-corrected chi connectivity index (χ0v) is 16.4. The van der Waals surface area contributed by atoms with Crippen molar-refractivity contribution in [1.29, 1.82) is 0 Å². The number of carbonyl (C=O) groups excluding carboxylic acids is 2. The third-order valence-electron chi connectivity index (χ3n) is 4.94. The lowest BCUT2D eigenvalue weighted by atomic mass is 10.0. The van der Waals surface area contributed by atoms with Gasteiger partial charge in [0.15, 0.2) is 12.9 Å². The number of rotatable bonds is 7. The third-order valence-corrected chi connectivity index (χ3v) is 4.94. The smallest absolute Gasteiger partial charge is 0.262 e. The summed E-state index contributed by atoms with van der Waals surface area (Å²) >= 11 is 0. The Bertz CT molecular complexity index is 1190. The van der Waals surface area contributed by atoms with Crippen LogP contribution in [0.1, 0.15) is 21.5 Å². The molecule has 0 spiro atoms. The first-order valence-electron chi connectivity index (χ1n) is 9.76. The molecule has 0 radical (unpaired) electrons. The highest BCUT2D eigenvalue weighted by Gasteiger charge is 2.12. The molecular formula is C26H21NO3. The van der Waals surface area contributed by atoms with Gasteiger partial charge >= 0.3 is 0 Å². The first-order chi connectivity index (χ1) is 14.7. The first kappa shape index (κ1) is 19.4. The summed E-state index contributed by atoms with van der Waals surface area (Å²) in [6.45, 7) is -0.182. The molecule has 0 saturated carbocycles. The van der Waals surface area contributed by atoms with Crippen LogP contribution in [-0.2, 0) is 11.2 Å². The Morgan fingerprint density at radius 3 is 2.40 bits per heavy atom. The number of nitrogens with one attached hydrogen (secondary N) is 1. The quantitative estimate of drug-likeness (QED) is 0.434. The van der Waals surface area contributed by atoms with Gasteiger partial charge in [-0.1, -0.05) is 78.9 Å². The SMILES string of the molecule is O=Cc1c(OCC(=O)Nc2ccccc2Cc2ccccc2)ccc2ccccc12. The maximum Gasteiger partial charge on any atom is 0.262 e. The number of fused-ring (bicyclic) bond motifs is 1. The molecule has 4 heteroatoms. The Balaban J connectivity index is 1.46. The Labute approximate surface area is 175 Å². The number of carbonyl (C=O) groups is 2. The molecule has 30 heavy (non-hydrogen) atoms. The fraction of sp³-hybridized carbons (Fsp3) is 0.0769. The van der Waals surface area contributed by atoms with E-state index >= 15 is 0 Å². The van der Waals surface area contributed by atoms with Crippen LogP contribution in [0.15, 0.2) is 91.0 Å². The summed E-state index contributed by atoms with van der Waals surface area (Å²) in [7, 11) is 0. The van der Waals surface area contributed by atoms with Crippen molar-refractivity contribution in [1.82, 2.24) is 0 Å². The average Bonchev–Trinajstić information content (AvgIpc) is 2.79. The molecule has 0 saturated heterocycles. The van der Waals surface area contributed by atoms with E-state index in [1.54, 1.807) is 6.07 Å². The van der Waals surface area contributed by atoms with Gasteiger partial charge in [0.2, 0.25) is 0 Å². The molecule has 0 unspecified atom stereocenters. The van der Waals surface area contributed by atoms with Crippen LogP contribution in [-0.4, -0.2) is 18.8 Å². The molecule has 0 heterocycles. The average molecular weight is 395 g/mol. The van der Waals surface area contributed by atoms with E-state index in [0.717, 1.165) is 34.7 Å². The number of anilines is 1. The predicted molar refractivity (Wildman–Crippen MR) is 119 cm³/mol. The molecule has 4 aromatic rings. The summed E-state index contributed by atoms with van der Waals surface area (Å²) in [5.41, 5.74) is 3.40. The minimum atomic E-state index is -0.277. The predicted octanol–water partition coefficient (Wildman–Crippen LogP) is 5.26. The lowest BCUT2D eigenvalue weighted by molar-refractivity contribution is -0.118. The summed E-state index contributed by atoms with van der Waals surface area (Å²) in [5.74, 6) is 0.122. The van der Waals surface area contributed by atoms with Crippen molar-refractivity contribution in [2.75, 3.05) is 11.9 Å². The maximum absolute atomic E-state index is 12.5. The Hall–Kier alpha value is -3.92. The highest BCUT2D eigenvalue weighted by molar-refractivity contribution is 6.01. The number of hydrogen-bond acceptors (Lipinski definition) is 3. The van der Waals surface area contributed by atoms with E-state index < -0.39 is 0 Å². The molecule has 1 amide bonds. The monoisotopic (exact) mass is 395 g/mol. The Morgan fingerprint density at radius 1 is 0.833 bits per heavy atom. The Morgan fingerprint density at radius 2 is 1.57 bits per heavy atom. The van der Waals surface area contributed by atoms with Crippen LogP contribution in [0.5, 0.6) is 5.75 Å². The van der Waals surface area contributed by atoms with E-state index in [0.29, 0.717) is 11.3 Å². The van der Waals surface area contributed by atoms with Gasteiger partial charge in [-0.15, -0.1) is 0 Å². The van der Waals surface area contributed by atoms with Crippen LogP contribution in [0, 0.1) is 0 Å². The number of benzene rings is 4. The van der Waals surface area contributed by atoms with Crippen LogP contribution in [0.4, 0.5) is 5.69 Å². The lowest BCUT2D eigenvalue weighted by Crippen LogP contribution is -2.21. The van der Waals surface area contributed by atoms with Crippen molar-refractivity contribution in [2.45, 2.75) is 6.42 Å². The van der Waals surface area contributed by atoms with Crippen LogP contribution in [0.25, 0.3) is 10.8 Å². The number of amides is 1. The summed E-state index contributed by atoms with van der Waals surface area (Å²) < 4.78 is 5.69. The molecule has 1 N–H and O–H groups in total. The third kappa shape index (κ3) is 4.39. The number of para-hydroxylation sites is 1. The normalized spacial score (nSPS) is 10.5. The fourth-order valence-corrected chi connectivity index (χ4v) is 3.46. The first-order valence-corrected chi connectivity index (χ1v) is 9.76. The molecule has 4 rings (SSSR count). The molecule has 0 aliphatic rings. The maximum atomic E-state index is 12.5. The van der Waals surface area contributed by atoms with Crippen molar-refractivity contribution >= 4 is 28.7 Å². The van der Waals surface area contributed by atoms with Gasteiger partial charge in [-0.2, -0.15) is 0 Å². The number of aldehydes is 1. The highest BCUT2D eigenvalue weighted by atomic mass is 16.5. The van der Waals surface area contributed by atoms with Gasteiger partial charge in [0.25, 0.3) is 5.91 Å². The second-order valence-corrected chi connectivity index (χ2v) is 6.97. The summed E-state index contributed by atoms with van der Waals surface area (Å²) in [5, 5.41) is 4.68. The van der Waals surface area contributed by atoms with Gasteiger partial charge in [0, 0.05) is 5.69 Å². The molecule has 4 aromatic carbocycles. The molecule has 0 aromatic heterocycles. The van der Waals surface area contributed by atoms with Gasteiger partial charge in [-0.25, -0.2) is 0 Å². The van der Waals surface area contributed by atoms with E-state index in [1.165, 1.54) is 5.56 Å². The van der Waals surface area contributed by atoms with Crippen LogP contribution >= 0.6 is 0 Å². The van der Waals surface area contributed by atoms with Gasteiger partial charge in [-0.05, 0) is 40.5 Å². The summed E-state index contributed by atoms with van der Waals surface area (Å²) in [6.07, 6.45) is 1.49. The molecule has 0 aliphatic heterocycles. The second kappa shape index (κ2) is 9.05. The van der Waals surface area contributed by atoms with E-state index in [9.17, 15) is 9.59 Å². The summed E-state index contributed by atoms with van der Waals surface area (Å²) in [6, 6.07) is 29.0. The van der Waals surface area contributed by atoms with Crippen molar-refractivity contribution in [2.24, 2.45) is 0 Å².